The minimum Gasteiger partial charge on any atom is -0.477 e. The number of thioether (sulfide) groups is 1. The zero-order valence-electron chi connectivity index (χ0n) is 7.85. The maximum Gasteiger partial charge on any atom is 0.352 e. The van der Waals surface area contributed by atoms with E-state index in [0.717, 1.165) is 24.3 Å². The van der Waals surface area contributed by atoms with E-state index in [-0.39, 0.29) is 0 Å². The maximum atomic E-state index is 10.9. The zero-order valence-corrected chi connectivity index (χ0v) is 8.67. The average molecular weight is 211 g/mol. The second kappa shape index (κ2) is 4.09. The first-order valence-corrected chi connectivity index (χ1v) is 5.92. The van der Waals surface area contributed by atoms with Crippen LogP contribution in [-0.4, -0.2) is 27.1 Å². The highest BCUT2D eigenvalue weighted by atomic mass is 32.2. The highest BCUT2D eigenvalue weighted by molar-refractivity contribution is 7.99. The number of nitrogens with zero attached hydrogens (tertiary/aromatic N) is 1. The third-order valence-corrected chi connectivity index (χ3v) is 3.63. The van der Waals surface area contributed by atoms with Crippen molar-refractivity contribution in [3.63, 3.8) is 0 Å². The van der Waals surface area contributed by atoms with Gasteiger partial charge >= 0.3 is 5.97 Å². The lowest BCUT2D eigenvalue weighted by Crippen LogP contribution is -2.18. The van der Waals surface area contributed by atoms with Gasteiger partial charge < -0.3 is 9.67 Å². The Morgan fingerprint density at radius 3 is 2.86 bits per heavy atom. The molecular formula is C10H13NO2S. The lowest BCUT2D eigenvalue weighted by atomic mass is 10.1. The Hall–Kier alpha value is -0.900. The van der Waals surface area contributed by atoms with Gasteiger partial charge in [0.05, 0.1) is 0 Å². The van der Waals surface area contributed by atoms with Crippen molar-refractivity contribution < 1.29 is 9.90 Å². The molecule has 0 amide bonds. The van der Waals surface area contributed by atoms with Crippen molar-refractivity contribution in [3.05, 3.63) is 24.0 Å². The summed E-state index contributed by atoms with van der Waals surface area (Å²) in [4.78, 5) is 10.9. The Morgan fingerprint density at radius 1 is 1.50 bits per heavy atom. The van der Waals surface area contributed by atoms with E-state index < -0.39 is 5.97 Å². The van der Waals surface area contributed by atoms with Crippen LogP contribution in [0.5, 0.6) is 0 Å². The van der Waals surface area contributed by atoms with E-state index in [4.69, 9.17) is 5.11 Å². The third kappa shape index (κ3) is 1.80. The topological polar surface area (TPSA) is 42.2 Å². The number of carboxylic acids is 1. The molecule has 0 bridgehead atoms. The van der Waals surface area contributed by atoms with Gasteiger partial charge in [-0.05, 0) is 36.5 Å². The summed E-state index contributed by atoms with van der Waals surface area (Å²) in [6.07, 6.45) is 4.04. The van der Waals surface area contributed by atoms with Gasteiger partial charge in [-0.3, -0.25) is 0 Å². The summed E-state index contributed by atoms with van der Waals surface area (Å²) in [6.45, 7) is 0. The van der Waals surface area contributed by atoms with Crippen molar-refractivity contribution in [2.75, 3.05) is 11.5 Å². The van der Waals surface area contributed by atoms with Crippen molar-refractivity contribution in [2.24, 2.45) is 0 Å². The van der Waals surface area contributed by atoms with Crippen molar-refractivity contribution in [1.82, 2.24) is 4.57 Å². The Balaban J connectivity index is 2.21. The van der Waals surface area contributed by atoms with Gasteiger partial charge in [-0.2, -0.15) is 11.8 Å². The molecule has 2 heterocycles. The van der Waals surface area contributed by atoms with Gasteiger partial charge in [0, 0.05) is 12.2 Å². The minimum atomic E-state index is -0.826. The minimum absolute atomic E-state index is 0.386. The van der Waals surface area contributed by atoms with Gasteiger partial charge in [-0.25, -0.2) is 4.79 Å². The van der Waals surface area contributed by atoms with Gasteiger partial charge in [0.1, 0.15) is 5.69 Å². The molecule has 4 heteroatoms. The first-order valence-electron chi connectivity index (χ1n) is 4.77. The molecule has 0 saturated carbocycles. The number of hydrogen-bond donors (Lipinski definition) is 1. The monoisotopic (exact) mass is 211 g/mol. The van der Waals surface area contributed by atoms with E-state index >= 15 is 0 Å². The number of carbonyl (C=O) groups is 1. The van der Waals surface area contributed by atoms with Gasteiger partial charge in [0.15, 0.2) is 0 Å². The summed E-state index contributed by atoms with van der Waals surface area (Å²) in [5.74, 6) is 1.46. The molecule has 0 atom stereocenters. The lowest BCUT2D eigenvalue weighted by Gasteiger charge is -2.24. The molecule has 1 aromatic rings. The molecule has 1 N–H and O–H groups in total. The zero-order chi connectivity index (χ0) is 9.97. The molecule has 14 heavy (non-hydrogen) atoms. The highest BCUT2D eigenvalue weighted by Gasteiger charge is 2.19. The van der Waals surface area contributed by atoms with E-state index in [9.17, 15) is 4.79 Å². The summed E-state index contributed by atoms with van der Waals surface area (Å²) < 4.78 is 1.90. The fourth-order valence-electron chi connectivity index (χ4n) is 1.86. The molecule has 1 aromatic heterocycles. The smallest absolute Gasteiger partial charge is 0.352 e. The van der Waals surface area contributed by atoms with Crippen molar-refractivity contribution >= 4 is 17.7 Å². The molecule has 1 saturated heterocycles. The third-order valence-electron chi connectivity index (χ3n) is 2.58. The number of aromatic nitrogens is 1. The van der Waals surface area contributed by atoms with E-state index in [1.54, 1.807) is 6.07 Å². The molecule has 0 aliphatic carbocycles. The van der Waals surface area contributed by atoms with Crippen LogP contribution < -0.4 is 0 Å². The second-order valence-electron chi connectivity index (χ2n) is 3.45. The van der Waals surface area contributed by atoms with Gasteiger partial charge in [-0.15, -0.1) is 0 Å². The molecule has 2 rings (SSSR count). The quantitative estimate of drug-likeness (QED) is 0.815. The van der Waals surface area contributed by atoms with Gasteiger partial charge in [0.25, 0.3) is 0 Å². The first kappa shape index (κ1) is 9.65. The van der Waals surface area contributed by atoms with Crippen LogP contribution >= 0.6 is 11.8 Å². The predicted molar refractivity (Wildman–Crippen MR) is 57.0 cm³/mol. The summed E-state index contributed by atoms with van der Waals surface area (Å²) in [5.41, 5.74) is 0.418. The number of aromatic carboxylic acids is 1. The molecule has 0 spiro atoms. The summed E-state index contributed by atoms with van der Waals surface area (Å²) >= 11 is 1.95. The second-order valence-corrected chi connectivity index (χ2v) is 4.67. The molecular weight excluding hydrogens is 198 g/mol. The SMILES string of the molecule is O=C(O)c1cccn1C1CCSCC1. The summed E-state index contributed by atoms with van der Waals surface area (Å²) in [5, 5.41) is 8.96. The predicted octanol–water partition coefficient (Wildman–Crippen LogP) is 2.25. The van der Waals surface area contributed by atoms with Crippen molar-refractivity contribution in [2.45, 2.75) is 18.9 Å². The van der Waals surface area contributed by atoms with E-state index in [1.807, 2.05) is 28.6 Å². The van der Waals surface area contributed by atoms with Crippen LogP contribution in [0.3, 0.4) is 0 Å². The Labute approximate surface area is 87.1 Å². The number of hydrogen-bond acceptors (Lipinski definition) is 2. The van der Waals surface area contributed by atoms with Crippen LogP contribution in [0.25, 0.3) is 0 Å². The lowest BCUT2D eigenvalue weighted by molar-refractivity contribution is 0.0682. The normalized spacial score (nSPS) is 18.3. The molecule has 3 nitrogen and oxygen atoms in total. The average Bonchev–Trinajstić information content (AvgIpc) is 2.67. The molecule has 0 aromatic carbocycles. The molecule has 76 valence electrons. The van der Waals surface area contributed by atoms with Crippen LogP contribution in [0.4, 0.5) is 0 Å². The summed E-state index contributed by atoms with van der Waals surface area (Å²) in [7, 11) is 0. The summed E-state index contributed by atoms with van der Waals surface area (Å²) in [6, 6.07) is 3.87. The number of rotatable bonds is 2. The van der Waals surface area contributed by atoms with Gasteiger partial charge in [-0.1, -0.05) is 0 Å². The Morgan fingerprint density at radius 2 is 2.21 bits per heavy atom. The molecule has 1 fully saturated rings. The molecule has 0 unspecified atom stereocenters. The highest BCUT2D eigenvalue weighted by Crippen LogP contribution is 2.28. The van der Waals surface area contributed by atoms with Crippen molar-refractivity contribution in [3.8, 4) is 0 Å². The van der Waals surface area contributed by atoms with E-state index in [0.29, 0.717) is 11.7 Å². The van der Waals surface area contributed by atoms with Crippen LogP contribution in [0, 0.1) is 0 Å². The number of carboxylic acid groups (broad SMARTS) is 1. The van der Waals surface area contributed by atoms with Crippen molar-refractivity contribution in [1.29, 1.82) is 0 Å². The van der Waals surface area contributed by atoms with Gasteiger partial charge in [0.2, 0.25) is 0 Å². The fraction of sp³-hybridized carbons (Fsp3) is 0.500. The van der Waals surface area contributed by atoms with E-state index in [1.165, 1.54) is 0 Å². The largest absolute Gasteiger partial charge is 0.477 e. The molecule has 1 aliphatic rings. The molecule has 0 radical (unpaired) electrons. The van der Waals surface area contributed by atoms with Crippen LogP contribution in [-0.2, 0) is 0 Å². The Bertz CT molecular complexity index is 329. The Kier molecular flexibility index (Phi) is 2.82. The maximum absolute atomic E-state index is 10.9. The van der Waals surface area contributed by atoms with Crippen LogP contribution in [0.1, 0.15) is 29.4 Å². The standard InChI is InChI=1S/C10H13NO2S/c12-10(13)9-2-1-5-11(9)8-3-6-14-7-4-8/h1-2,5,8H,3-4,6-7H2,(H,12,13). The van der Waals surface area contributed by atoms with Crippen LogP contribution in [0.2, 0.25) is 0 Å². The van der Waals surface area contributed by atoms with E-state index in [2.05, 4.69) is 0 Å². The molecule has 1 aliphatic heterocycles. The first-order chi connectivity index (χ1) is 6.79. The fourth-order valence-corrected chi connectivity index (χ4v) is 2.94. The van der Waals surface area contributed by atoms with Crippen LogP contribution in [0.15, 0.2) is 18.3 Å².